The minimum atomic E-state index is -0.248. The van der Waals surface area contributed by atoms with Crippen LogP contribution in [0, 0.1) is 11.2 Å². The molecule has 1 aromatic carbocycles. The highest BCUT2D eigenvalue weighted by Crippen LogP contribution is 2.35. The van der Waals surface area contributed by atoms with E-state index in [0.29, 0.717) is 0 Å². The molecule has 1 nitrogen and oxygen atoms in total. The molecule has 0 unspecified atom stereocenters. The molecule has 17 heavy (non-hydrogen) atoms. The van der Waals surface area contributed by atoms with Crippen molar-refractivity contribution >= 4 is 11.9 Å². The van der Waals surface area contributed by atoms with Gasteiger partial charge in [-0.05, 0) is 48.6 Å². The first kappa shape index (κ1) is 12.0. The van der Waals surface area contributed by atoms with Crippen molar-refractivity contribution in [2.45, 2.75) is 33.1 Å². The van der Waals surface area contributed by atoms with Crippen LogP contribution in [-0.4, -0.2) is 5.78 Å². The number of carbonyl (C=O) groups excluding carboxylic acids is 1. The highest BCUT2D eigenvalue weighted by Gasteiger charge is 2.33. The molecule has 2 heteroatoms. The van der Waals surface area contributed by atoms with Crippen molar-refractivity contribution in [1.29, 1.82) is 0 Å². The van der Waals surface area contributed by atoms with Gasteiger partial charge in [-0.25, -0.2) is 4.39 Å². The molecule has 0 N–H and O–H groups in total. The fourth-order valence-corrected chi connectivity index (χ4v) is 2.28. The Morgan fingerprint density at radius 2 is 1.88 bits per heavy atom. The van der Waals surface area contributed by atoms with Gasteiger partial charge in [-0.3, -0.25) is 4.79 Å². The third-order valence-corrected chi connectivity index (χ3v) is 3.37. The highest BCUT2D eigenvalue weighted by atomic mass is 19.1. The predicted octanol–water partition coefficient (Wildman–Crippen LogP) is 3.99. The molecule has 2 rings (SSSR count). The molecule has 1 aliphatic carbocycles. The largest absolute Gasteiger partial charge is 0.294 e. The Hall–Kier alpha value is -1.44. The van der Waals surface area contributed by atoms with Gasteiger partial charge in [0.25, 0.3) is 0 Å². The Morgan fingerprint density at radius 1 is 1.24 bits per heavy atom. The molecule has 1 aromatic rings. The van der Waals surface area contributed by atoms with E-state index in [2.05, 4.69) is 0 Å². The third kappa shape index (κ3) is 2.63. The lowest BCUT2D eigenvalue weighted by Crippen LogP contribution is -2.29. The molecular weight excluding hydrogens is 215 g/mol. The van der Waals surface area contributed by atoms with Gasteiger partial charge in [0.2, 0.25) is 0 Å². The summed E-state index contributed by atoms with van der Waals surface area (Å²) in [5, 5.41) is 0. The first-order valence-corrected chi connectivity index (χ1v) is 6.00. The monoisotopic (exact) mass is 232 g/mol. The van der Waals surface area contributed by atoms with Gasteiger partial charge in [-0.15, -0.1) is 0 Å². The lowest BCUT2D eigenvalue weighted by atomic mass is 9.73. The zero-order valence-corrected chi connectivity index (χ0v) is 10.3. The molecule has 90 valence electrons. The summed E-state index contributed by atoms with van der Waals surface area (Å²) in [7, 11) is 0. The summed E-state index contributed by atoms with van der Waals surface area (Å²) < 4.78 is 12.8. The van der Waals surface area contributed by atoms with Crippen molar-refractivity contribution in [2.75, 3.05) is 0 Å². The number of carbonyl (C=O) groups is 1. The summed E-state index contributed by atoms with van der Waals surface area (Å²) >= 11 is 0. The Kier molecular flexibility index (Phi) is 3.14. The molecule has 0 radical (unpaired) electrons. The van der Waals surface area contributed by atoms with Gasteiger partial charge in [0.05, 0.1) is 0 Å². The van der Waals surface area contributed by atoms with Gasteiger partial charge in [0.15, 0.2) is 5.78 Å². The summed E-state index contributed by atoms with van der Waals surface area (Å²) in [6, 6.07) is 6.25. The zero-order valence-electron chi connectivity index (χ0n) is 10.3. The normalized spacial score (nSPS) is 21.8. The van der Waals surface area contributed by atoms with E-state index in [1.807, 2.05) is 19.9 Å². The van der Waals surface area contributed by atoms with Crippen LogP contribution in [0.15, 0.2) is 29.8 Å². The SMILES string of the molecule is CC1(C)CCC/C(=C\c2ccc(F)cc2)C1=O. The van der Waals surface area contributed by atoms with Crippen molar-refractivity contribution in [1.82, 2.24) is 0 Å². The summed E-state index contributed by atoms with van der Waals surface area (Å²) in [6.07, 6.45) is 4.72. The van der Waals surface area contributed by atoms with Crippen molar-refractivity contribution in [3.8, 4) is 0 Å². The molecule has 0 bridgehead atoms. The predicted molar refractivity (Wildman–Crippen MR) is 67.0 cm³/mol. The van der Waals surface area contributed by atoms with Gasteiger partial charge in [0, 0.05) is 5.41 Å². The molecule has 0 amide bonds. The zero-order chi connectivity index (χ0) is 12.5. The first-order valence-electron chi connectivity index (χ1n) is 6.00. The molecule has 0 spiro atoms. The van der Waals surface area contributed by atoms with Gasteiger partial charge < -0.3 is 0 Å². The van der Waals surface area contributed by atoms with Gasteiger partial charge in [0.1, 0.15) is 5.82 Å². The number of hydrogen-bond acceptors (Lipinski definition) is 1. The number of hydrogen-bond donors (Lipinski definition) is 0. The fraction of sp³-hybridized carbons (Fsp3) is 0.400. The topological polar surface area (TPSA) is 17.1 Å². The smallest absolute Gasteiger partial charge is 0.164 e. The van der Waals surface area contributed by atoms with Crippen LogP contribution in [0.5, 0.6) is 0 Å². The number of Topliss-reactive ketones (excluding diaryl/α,β-unsaturated/α-hetero) is 1. The van der Waals surface area contributed by atoms with Crippen LogP contribution < -0.4 is 0 Å². The lowest BCUT2D eigenvalue weighted by Gasteiger charge is -2.29. The minimum absolute atomic E-state index is 0.230. The van der Waals surface area contributed by atoms with Crippen LogP contribution in [0.3, 0.4) is 0 Å². The number of ketones is 1. The molecular formula is C15H17FO. The van der Waals surface area contributed by atoms with Gasteiger partial charge >= 0.3 is 0 Å². The Labute approximate surface area is 101 Å². The Morgan fingerprint density at radius 3 is 2.53 bits per heavy atom. The van der Waals surface area contributed by atoms with E-state index < -0.39 is 0 Å². The van der Waals surface area contributed by atoms with Gasteiger partial charge in [-0.2, -0.15) is 0 Å². The molecule has 0 heterocycles. The van der Waals surface area contributed by atoms with Crippen molar-refractivity contribution in [2.24, 2.45) is 5.41 Å². The molecule has 0 aromatic heterocycles. The maximum Gasteiger partial charge on any atom is 0.164 e. The molecule has 0 aliphatic heterocycles. The van der Waals surface area contributed by atoms with Crippen molar-refractivity contribution in [3.05, 3.63) is 41.2 Å². The quantitative estimate of drug-likeness (QED) is 0.669. The number of allylic oxidation sites excluding steroid dienone is 1. The third-order valence-electron chi connectivity index (χ3n) is 3.37. The van der Waals surface area contributed by atoms with Crippen LogP contribution >= 0.6 is 0 Å². The second-order valence-electron chi connectivity index (χ2n) is 5.29. The molecule has 0 saturated heterocycles. The van der Waals surface area contributed by atoms with E-state index in [1.54, 1.807) is 12.1 Å². The van der Waals surface area contributed by atoms with Crippen LogP contribution in [0.4, 0.5) is 4.39 Å². The molecule has 1 saturated carbocycles. The fourth-order valence-electron chi connectivity index (χ4n) is 2.28. The molecule has 1 aliphatic rings. The van der Waals surface area contributed by atoms with E-state index in [-0.39, 0.29) is 17.0 Å². The maximum atomic E-state index is 12.8. The average Bonchev–Trinajstić information content (AvgIpc) is 2.28. The summed E-state index contributed by atoms with van der Waals surface area (Å²) in [6.45, 7) is 3.99. The lowest BCUT2D eigenvalue weighted by molar-refractivity contribution is -0.124. The van der Waals surface area contributed by atoms with Crippen molar-refractivity contribution < 1.29 is 9.18 Å². The molecule has 1 fully saturated rings. The Balaban J connectivity index is 2.27. The average molecular weight is 232 g/mol. The number of rotatable bonds is 1. The summed E-state index contributed by atoms with van der Waals surface area (Å²) in [5.41, 5.74) is 1.52. The van der Waals surface area contributed by atoms with E-state index in [1.165, 1.54) is 12.1 Å². The van der Waals surface area contributed by atoms with Crippen LogP contribution in [-0.2, 0) is 4.79 Å². The maximum absolute atomic E-state index is 12.8. The van der Waals surface area contributed by atoms with E-state index in [4.69, 9.17) is 0 Å². The van der Waals surface area contributed by atoms with E-state index >= 15 is 0 Å². The number of halogens is 1. The standard InChI is InChI=1S/C15H17FO/c1-15(2)9-3-4-12(14(15)17)10-11-5-7-13(16)8-6-11/h5-8,10H,3-4,9H2,1-2H3/b12-10+. The van der Waals surface area contributed by atoms with E-state index in [0.717, 1.165) is 30.4 Å². The summed E-state index contributed by atoms with van der Waals surface area (Å²) in [5.74, 6) is -0.0180. The molecule has 0 atom stereocenters. The second-order valence-corrected chi connectivity index (χ2v) is 5.29. The van der Waals surface area contributed by atoms with Crippen LogP contribution in [0.25, 0.3) is 6.08 Å². The number of benzene rings is 1. The van der Waals surface area contributed by atoms with Crippen LogP contribution in [0.2, 0.25) is 0 Å². The van der Waals surface area contributed by atoms with Crippen molar-refractivity contribution in [3.63, 3.8) is 0 Å². The summed E-state index contributed by atoms with van der Waals surface area (Å²) in [4.78, 5) is 12.2. The van der Waals surface area contributed by atoms with Gasteiger partial charge in [-0.1, -0.05) is 26.0 Å². The highest BCUT2D eigenvalue weighted by molar-refractivity contribution is 6.03. The second kappa shape index (κ2) is 4.44. The van der Waals surface area contributed by atoms with Crippen LogP contribution in [0.1, 0.15) is 38.7 Å². The Bertz CT molecular complexity index is 454. The minimum Gasteiger partial charge on any atom is -0.294 e. The van der Waals surface area contributed by atoms with E-state index in [9.17, 15) is 9.18 Å². The first-order chi connectivity index (χ1) is 7.99.